The molecule has 8 nitrogen and oxygen atoms in total. The summed E-state index contributed by atoms with van der Waals surface area (Å²) in [6.07, 6.45) is 7.08. The number of rotatable bonds is 5. The first-order chi connectivity index (χ1) is 15.5. The number of aromatic amines is 1. The van der Waals surface area contributed by atoms with Crippen LogP contribution in [0.15, 0.2) is 72.0 Å². The lowest BCUT2D eigenvalue weighted by atomic mass is 10.0. The van der Waals surface area contributed by atoms with Crippen LogP contribution < -0.4 is 5.69 Å². The molecule has 0 radical (unpaired) electrons. The largest absolute Gasteiger partial charge is 0.328 e. The maximum atomic E-state index is 12.8. The van der Waals surface area contributed by atoms with E-state index in [-0.39, 0.29) is 17.6 Å². The predicted molar refractivity (Wildman–Crippen MR) is 123 cm³/mol. The van der Waals surface area contributed by atoms with Crippen LogP contribution in [0.5, 0.6) is 0 Å². The van der Waals surface area contributed by atoms with Gasteiger partial charge in [-0.05, 0) is 48.7 Å². The molecule has 1 aromatic carbocycles. The zero-order valence-corrected chi connectivity index (χ0v) is 18.1. The van der Waals surface area contributed by atoms with Crippen LogP contribution in [0.2, 0.25) is 0 Å². The number of nitrogens with zero attached hydrogens (tertiary/aromatic N) is 6. The molecule has 0 saturated heterocycles. The number of nitrogens with one attached hydrogen (secondary N) is 1. The first-order valence-electron chi connectivity index (χ1n) is 10.6. The van der Waals surface area contributed by atoms with Gasteiger partial charge in [0.25, 0.3) is 0 Å². The number of imidazole rings is 1. The van der Waals surface area contributed by atoms with Gasteiger partial charge in [0.2, 0.25) is 0 Å². The van der Waals surface area contributed by atoms with Crippen LogP contribution in [0, 0.1) is 0 Å². The molecule has 5 aromatic rings. The van der Waals surface area contributed by atoms with E-state index in [1.54, 1.807) is 27.8 Å². The van der Waals surface area contributed by atoms with Crippen molar-refractivity contribution in [1.82, 2.24) is 34.3 Å². The molecular formula is C24H23N7O. The molecule has 32 heavy (non-hydrogen) atoms. The van der Waals surface area contributed by atoms with E-state index in [1.165, 1.54) is 0 Å². The fourth-order valence-corrected chi connectivity index (χ4v) is 3.95. The first kappa shape index (κ1) is 19.9. The number of benzene rings is 1. The van der Waals surface area contributed by atoms with Crippen LogP contribution in [-0.2, 0) is 0 Å². The van der Waals surface area contributed by atoms with Crippen molar-refractivity contribution in [1.29, 1.82) is 0 Å². The molecule has 0 aliphatic rings. The first-order valence-corrected chi connectivity index (χ1v) is 10.6. The molecular weight excluding hydrogens is 402 g/mol. The maximum absolute atomic E-state index is 12.8. The Hall–Kier alpha value is -4.07. The van der Waals surface area contributed by atoms with Crippen molar-refractivity contribution in [3.05, 3.63) is 89.0 Å². The van der Waals surface area contributed by atoms with Gasteiger partial charge in [0, 0.05) is 24.2 Å². The highest BCUT2D eigenvalue weighted by atomic mass is 16.1. The summed E-state index contributed by atoms with van der Waals surface area (Å²) in [6, 6.07) is 13.5. The summed E-state index contributed by atoms with van der Waals surface area (Å²) < 4.78 is 3.47. The molecule has 8 heteroatoms. The molecule has 4 aromatic heterocycles. The number of H-pyrrole nitrogens is 1. The summed E-state index contributed by atoms with van der Waals surface area (Å²) in [5.41, 5.74) is 4.72. The van der Waals surface area contributed by atoms with E-state index in [4.69, 9.17) is 4.98 Å². The van der Waals surface area contributed by atoms with E-state index in [1.807, 2.05) is 55.6 Å². The Labute approximate surface area is 184 Å². The van der Waals surface area contributed by atoms with Crippen LogP contribution in [0.4, 0.5) is 0 Å². The van der Waals surface area contributed by atoms with Crippen molar-refractivity contribution in [2.24, 2.45) is 0 Å². The number of pyridine rings is 1. The number of fused-ring (bicyclic) bond motifs is 1. The van der Waals surface area contributed by atoms with Gasteiger partial charge in [-0.15, -0.1) is 0 Å². The Balaban J connectivity index is 1.58. The van der Waals surface area contributed by atoms with Gasteiger partial charge >= 0.3 is 5.69 Å². The molecule has 5 rings (SSSR count). The van der Waals surface area contributed by atoms with Crippen molar-refractivity contribution in [2.45, 2.75) is 32.7 Å². The van der Waals surface area contributed by atoms with Gasteiger partial charge < -0.3 is 4.98 Å². The van der Waals surface area contributed by atoms with Gasteiger partial charge in [-0.2, -0.15) is 5.10 Å². The average Bonchev–Trinajstić information content (AvgIpc) is 3.46. The Bertz CT molecular complexity index is 1430. The van der Waals surface area contributed by atoms with Crippen LogP contribution in [0.1, 0.15) is 44.0 Å². The van der Waals surface area contributed by atoms with Gasteiger partial charge in [-0.1, -0.05) is 26.0 Å². The fourth-order valence-electron chi connectivity index (χ4n) is 3.95. The summed E-state index contributed by atoms with van der Waals surface area (Å²) in [4.78, 5) is 29.5. The van der Waals surface area contributed by atoms with Crippen molar-refractivity contribution in [2.75, 3.05) is 0 Å². The zero-order chi connectivity index (χ0) is 22.2. The Morgan fingerprint density at radius 3 is 2.50 bits per heavy atom. The minimum atomic E-state index is -0.218. The van der Waals surface area contributed by atoms with Gasteiger partial charge in [0.1, 0.15) is 5.52 Å². The predicted octanol–water partition coefficient (Wildman–Crippen LogP) is 4.10. The topological polar surface area (TPSA) is 94.3 Å². The lowest BCUT2D eigenvalue weighted by Gasteiger charge is -2.15. The summed E-state index contributed by atoms with van der Waals surface area (Å²) >= 11 is 0. The number of aromatic nitrogens is 7. The minimum absolute atomic E-state index is 0.217. The molecule has 0 aliphatic carbocycles. The van der Waals surface area contributed by atoms with E-state index in [0.29, 0.717) is 17.0 Å². The third-order valence-electron chi connectivity index (χ3n) is 5.62. The van der Waals surface area contributed by atoms with Crippen molar-refractivity contribution in [3.8, 4) is 17.1 Å². The molecule has 0 spiro atoms. The van der Waals surface area contributed by atoms with Gasteiger partial charge in [-0.3, -0.25) is 9.55 Å². The lowest BCUT2D eigenvalue weighted by Crippen LogP contribution is -2.21. The smallest absolute Gasteiger partial charge is 0.303 e. The Kier molecular flexibility index (Phi) is 4.89. The molecule has 0 aliphatic heterocycles. The highest BCUT2D eigenvalue weighted by Crippen LogP contribution is 2.27. The molecule has 4 heterocycles. The summed E-state index contributed by atoms with van der Waals surface area (Å²) in [5.74, 6) is 0.786. The summed E-state index contributed by atoms with van der Waals surface area (Å²) in [7, 11) is 0. The van der Waals surface area contributed by atoms with Crippen LogP contribution in [0.25, 0.3) is 28.2 Å². The van der Waals surface area contributed by atoms with E-state index in [2.05, 4.69) is 33.9 Å². The summed E-state index contributed by atoms with van der Waals surface area (Å²) in [5, 5.41) is 4.26. The Morgan fingerprint density at radius 1 is 0.969 bits per heavy atom. The van der Waals surface area contributed by atoms with Crippen molar-refractivity contribution < 1.29 is 0 Å². The second-order valence-corrected chi connectivity index (χ2v) is 8.04. The molecule has 0 fully saturated rings. The van der Waals surface area contributed by atoms with Crippen LogP contribution in [-0.4, -0.2) is 34.3 Å². The molecule has 0 unspecified atom stereocenters. The molecule has 0 saturated carbocycles. The molecule has 1 atom stereocenters. The highest BCUT2D eigenvalue weighted by molar-refractivity contribution is 5.73. The van der Waals surface area contributed by atoms with Crippen LogP contribution in [0.3, 0.4) is 0 Å². The number of hydrogen-bond donors (Lipinski definition) is 1. The normalized spacial score (nSPS) is 12.5. The van der Waals surface area contributed by atoms with E-state index in [9.17, 15) is 4.79 Å². The number of hydrogen-bond acceptors (Lipinski definition) is 5. The van der Waals surface area contributed by atoms with E-state index >= 15 is 0 Å². The van der Waals surface area contributed by atoms with Crippen molar-refractivity contribution in [3.63, 3.8) is 0 Å². The van der Waals surface area contributed by atoms with E-state index < -0.39 is 0 Å². The van der Waals surface area contributed by atoms with Gasteiger partial charge in [0.05, 0.1) is 23.6 Å². The SMILES string of the molecule is CC(C)c1ncccc1-c1ncc2[nH]c(=O)n([C@@H](C)c3ccc(-n4cccn4)cc3)c2n1. The van der Waals surface area contributed by atoms with Gasteiger partial charge in [-0.25, -0.2) is 19.4 Å². The Morgan fingerprint density at radius 2 is 1.78 bits per heavy atom. The highest BCUT2D eigenvalue weighted by Gasteiger charge is 2.19. The average molecular weight is 425 g/mol. The van der Waals surface area contributed by atoms with Gasteiger partial charge in [0.15, 0.2) is 11.5 Å². The maximum Gasteiger partial charge on any atom is 0.328 e. The van der Waals surface area contributed by atoms with Crippen LogP contribution >= 0.6 is 0 Å². The standard InChI is InChI=1S/C24H23N7O/c1-15(2)21-19(6-4-11-25-21)22-26-14-20-23(29-22)31(24(32)28-20)16(3)17-7-9-18(10-8-17)30-13-5-12-27-30/h4-16H,1-3H3,(H,28,32)/t16-/m0/s1. The lowest BCUT2D eigenvalue weighted by molar-refractivity contribution is 0.630. The molecule has 0 bridgehead atoms. The minimum Gasteiger partial charge on any atom is -0.303 e. The molecule has 0 amide bonds. The third kappa shape index (κ3) is 3.39. The zero-order valence-electron chi connectivity index (χ0n) is 18.1. The second kappa shape index (κ2) is 7.88. The quantitative estimate of drug-likeness (QED) is 0.457. The molecule has 1 N–H and O–H groups in total. The fraction of sp³-hybridized carbons (Fsp3) is 0.208. The third-order valence-corrected chi connectivity index (χ3v) is 5.62. The monoisotopic (exact) mass is 425 g/mol. The second-order valence-electron chi connectivity index (χ2n) is 8.04. The van der Waals surface area contributed by atoms with Crippen molar-refractivity contribution >= 4 is 11.2 Å². The molecule has 160 valence electrons. The van der Waals surface area contributed by atoms with E-state index in [0.717, 1.165) is 22.5 Å². The summed E-state index contributed by atoms with van der Waals surface area (Å²) in [6.45, 7) is 6.17.